The molecule has 1 saturated heterocycles. The average Bonchev–Trinajstić information content (AvgIpc) is 2.64. The Hall–Kier alpha value is -0.120. The maximum absolute atomic E-state index is 10.5. The largest absolute Gasteiger partial charge is 0.388 e. The van der Waals surface area contributed by atoms with E-state index in [1.165, 1.54) is 44.9 Å². The summed E-state index contributed by atoms with van der Waals surface area (Å²) in [4.78, 5) is 0. The van der Waals surface area contributed by atoms with Crippen LogP contribution in [0.2, 0.25) is 0 Å². The molecule has 3 nitrogen and oxygen atoms in total. The molecule has 1 saturated carbocycles. The first-order valence-corrected chi connectivity index (χ1v) is 8.25. The Labute approximate surface area is 118 Å². The Balaban J connectivity index is 1.70. The van der Waals surface area contributed by atoms with Gasteiger partial charge in [0.15, 0.2) is 0 Å². The molecule has 0 bridgehead atoms. The monoisotopic (exact) mass is 269 g/mol. The highest BCUT2D eigenvalue weighted by Gasteiger charge is 2.30. The van der Waals surface area contributed by atoms with Crippen LogP contribution in [-0.4, -0.2) is 36.5 Å². The van der Waals surface area contributed by atoms with Crippen molar-refractivity contribution in [2.45, 2.75) is 76.4 Å². The molecular weight excluding hydrogens is 238 g/mol. The van der Waals surface area contributed by atoms with Gasteiger partial charge < -0.3 is 15.2 Å². The highest BCUT2D eigenvalue weighted by molar-refractivity contribution is 4.86. The Morgan fingerprint density at radius 1 is 1.16 bits per heavy atom. The number of nitrogens with one attached hydrogen (secondary N) is 1. The SMILES string of the molecule is CCCC1CCCC(NCC2(O)CCOCC2)CC1. The number of hydrogen-bond acceptors (Lipinski definition) is 3. The third-order valence-electron chi connectivity index (χ3n) is 4.93. The maximum atomic E-state index is 10.5. The van der Waals surface area contributed by atoms with Crippen LogP contribution in [0.25, 0.3) is 0 Å². The number of aliphatic hydroxyl groups is 1. The van der Waals surface area contributed by atoms with Gasteiger partial charge in [-0.2, -0.15) is 0 Å². The van der Waals surface area contributed by atoms with Crippen LogP contribution in [0.1, 0.15) is 64.7 Å². The van der Waals surface area contributed by atoms with E-state index in [1.54, 1.807) is 0 Å². The molecule has 2 N–H and O–H groups in total. The van der Waals surface area contributed by atoms with Crippen molar-refractivity contribution < 1.29 is 9.84 Å². The van der Waals surface area contributed by atoms with E-state index in [4.69, 9.17) is 4.74 Å². The van der Waals surface area contributed by atoms with E-state index in [-0.39, 0.29) is 0 Å². The topological polar surface area (TPSA) is 41.5 Å². The van der Waals surface area contributed by atoms with E-state index >= 15 is 0 Å². The highest BCUT2D eigenvalue weighted by atomic mass is 16.5. The molecule has 112 valence electrons. The van der Waals surface area contributed by atoms with Crippen molar-refractivity contribution in [3.05, 3.63) is 0 Å². The Bertz CT molecular complexity index is 251. The van der Waals surface area contributed by atoms with Gasteiger partial charge in [-0.25, -0.2) is 0 Å². The third kappa shape index (κ3) is 5.05. The first-order chi connectivity index (χ1) is 9.22. The molecule has 2 aliphatic rings. The summed E-state index contributed by atoms with van der Waals surface area (Å²) >= 11 is 0. The van der Waals surface area contributed by atoms with Crippen LogP contribution in [0.3, 0.4) is 0 Å². The predicted molar refractivity (Wildman–Crippen MR) is 78.3 cm³/mol. The molecule has 0 spiro atoms. The van der Waals surface area contributed by atoms with Crippen molar-refractivity contribution in [3.63, 3.8) is 0 Å². The van der Waals surface area contributed by atoms with E-state index in [0.29, 0.717) is 19.3 Å². The normalized spacial score (nSPS) is 31.9. The van der Waals surface area contributed by atoms with Crippen LogP contribution in [0.5, 0.6) is 0 Å². The molecule has 19 heavy (non-hydrogen) atoms. The van der Waals surface area contributed by atoms with Gasteiger partial charge in [0, 0.05) is 38.6 Å². The molecule has 1 aliphatic carbocycles. The van der Waals surface area contributed by atoms with E-state index in [1.807, 2.05) is 0 Å². The lowest BCUT2D eigenvalue weighted by Crippen LogP contribution is -2.47. The van der Waals surface area contributed by atoms with Crippen molar-refractivity contribution in [2.24, 2.45) is 5.92 Å². The van der Waals surface area contributed by atoms with Crippen molar-refractivity contribution in [1.29, 1.82) is 0 Å². The lowest BCUT2D eigenvalue weighted by molar-refractivity contribution is -0.0629. The Morgan fingerprint density at radius 3 is 2.68 bits per heavy atom. The molecule has 2 unspecified atom stereocenters. The number of rotatable bonds is 5. The second-order valence-corrected chi connectivity index (χ2v) is 6.58. The van der Waals surface area contributed by atoms with Crippen LogP contribution in [-0.2, 0) is 4.74 Å². The van der Waals surface area contributed by atoms with Crippen LogP contribution >= 0.6 is 0 Å². The fraction of sp³-hybridized carbons (Fsp3) is 1.00. The number of ether oxygens (including phenoxy) is 1. The second-order valence-electron chi connectivity index (χ2n) is 6.58. The molecular formula is C16H31NO2. The van der Waals surface area contributed by atoms with Crippen molar-refractivity contribution in [2.75, 3.05) is 19.8 Å². The fourth-order valence-corrected chi connectivity index (χ4v) is 3.54. The second kappa shape index (κ2) is 7.61. The molecule has 0 radical (unpaired) electrons. The molecule has 1 aliphatic heterocycles. The van der Waals surface area contributed by atoms with Gasteiger partial charge in [0.1, 0.15) is 0 Å². The van der Waals surface area contributed by atoms with E-state index in [9.17, 15) is 5.11 Å². The average molecular weight is 269 g/mol. The molecule has 3 heteroatoms. The predicted octanol–water partition coefficient (Wildman–Crippen LogP) is 2.87. The minimum Gasteiger partial charge on any atom is -0.388 e. The molecule has 0 aromatic rings. The quantitative estimate of drug-likeness (QED) is 0.754. The first kappa shape index (κ1) is 15.3. The van der Waals surface area contributed by atoms with Crippen LogP contribution in [0.15, 0.2) is 0 Å². The smallest absolute Gasteiger partial charge is 0.0815 e. The summed E-state index contributed by atoms with van der Waals surface area (Å²) < 4.78 is 5.33. The van der Waals surface area contributed by atoms with Crippen molar-refractivity contribution in [3.8, 4) is 0 Å². The Kier molecular flexibility index (Phi) is 6.11. The molecule has 2 atom stereocenters. The zero-order valence-corrected chi connectivity index (χ0v) is 12.5. The standard InChI is InChI=1S/C16H31NO2/c1-2-4-14-5-3-6-15(8-7-14)17-13-16(18)9-11-19-12-10-16/h14-15,17-18H,2-13H2,1H3. The summed E-state index contributed by atoms with van der Waals surface area (Å²) in [5.41, 5.74) is -0.520. The van der Waals surface area contributed by atoms with Crippen molar-refractivity contribution in [1.82, 2.24) is 5.32 Å². The minimum absolute atomic E-state index is 0.520. The molecule has 2 fully saturated rings. The number of hydrogen-bond donors (Lipinski definition) is 2. The van der Waals surface area contributed by atoms with E-state index in [0.717, 1.165) is 25.3 Å². The van der Waals surface area contributed by atoms with Crippen LogP contribution in [0.4, 0.5) is 0 Å². The Morgan fingerprint density at radius 2 is 1.95 bits per heavy atom. The zero-order chi connectivity index (χ0) is 13.6. The summed E-state index contributed by atoms with van der Waals surface area (Å²) in [5.74, 6) is 0.947. The summed E-state index contributed by atoms with van der Waals surface area (Å²) in [6.45, 7) is 4.46. The lowest BCUT2D eigenvalue weighted by atomic mass is 9.93. The molecule has 0 amide bonds. The van der Waals surface area contributed by atoms with Gasteiger partial charge in [0.05, 0.1) is 5.60 Å². The van der Waals surface area contributed by atoms with Gasteiger partial charge in [-0.1, -0.05) is 32.6 Å². The van der Waals surface area contributed by atoms with Gasteiger partial charge >= 0.3 is 0 Å². The third-order valence-corrected chi connectivity index (χ3v) is 4.93. The van der Waals surface area contributed by atoms with Gasteiger partial charge in [-0.05, 0) is 25.2 Å². The summed E-state index contributed by atoms with van der Waals surface area (Å²) in [5, 5.41) is 14.1. The van der Waals surface area contributed by atoms with E-state index < -0.39 is 5.60 Å². The zero-order valence-electron chi connectivity index (χ0n) is 12.5. The molecule has 2 rings (SSSR count). The van der Waals surface area contributed by atoms with Crippen LogP contribution in [0, 0.1) is 5.92 Å². The summed E-state index contributed by atoms with van der Waals surface area (Å²) in [6.07, 6.45) is 11.0. The summed E-state index contributed by atoms with van der Waals surface area (Å²) in [7, 11) is 0. The first-order valence-electron chi connectivity index (χ1n) is 8.25. The lowest BCUT2D eigenvalue weighted by Gasteiger charge is -2.33. The summed E-state index contributed by atoms with van der Waals surface area (Å²) in [6, 6.07) is 0.619. The van der Waals surface area contributed by atoms with Crippen molar-refractivity contribution >= 4 is 0 Å². The van der Waals surface area contributed by atoms with Crippen LogP contribution < -0.4 is 5.32 Å². The van der Waals surface area contributed by atoms with Gasteiger partial charge in [-0.15, -0.1) is 0 Å². The minimum atomic E-state index is -0.520. The van der Waals surface area contributed by atoms with Gasteiger partial charge in [0.25, 0.3) is 0 Å². The fourth-order valence-electron chi connectivity index (χ4n) is 3.54. The maximum Gasteiger partial charge on any atom is 0.0815 e. The van der Waals surface area contributed by atoms with E-state index in [2.05, 4.69) is 12.2 Å². The molecule has 0 aromatic heterocycles. The highest BCUT2D eigenvalue weighted by Crippen LogP contribution is 2.27. The van der Waals surface area contributed by atoms with Gasteiger partial charge in [0.2, 0.25) is 0 Å². The van der Waals surface area contributed by atoms with Gasteiger partial charge in [-0.3, -0.25) is 0 Å². The molecule has 1 heterocycles. The molecule has 0 aromatic carbocycles.